The molecule has 4 nitrogen and oxygen atoms in total. The Kier molecular flexibility index (Phi) is 4.76. The molecule has 0 aliphatic heterocycles. The Morgan fingerprint density at radius 3 is 2.67 bits per heavy atom. The number of ether oxygens (including phenoxy) is 2. The zero-order valence-corrected chi connectivity index (χ0v) is 13.7. The highest BCUT2D eigenvalue weighted by molar-refractivity contribution is 5.83. The number of fused-ring (bicyclic) bond motifs is 1. The third kappa shape index (κ3) is 3.15. The number of hydrogen-bond acceptors (Lipinski definition) is 4. The molecular formula is C17H28O4. The molecule has 2 aliphatic carbocycles. The van der Waals surface area contributed by atoms with Crippen LogP contribution in [0.15, 0.2) is 0 Å². The molecule has 0 radical (unpaired) electrons. The van der Waals surface area contributed by atoms with Crippen molar-refractivity contribution in [2.24, 2.45) is 22.7 Å². The third-order valence-electron chi connectivity index (χ3n) is 5.87. The maximum Gasteiger partial charge on any atom is 0.331 e. The summed E-state index contributed by atoms with van der Waals surface area (Å²) in [6.07, 6.45) is 5.13. The molecule has 0 amide bonds. The number of carbonyl (C=O) groups is 2. The molecular weight excluding hydrogens is 268 g/mol. The van der Waals surface area contributed by atoms with E-state index in [2.05, 4.69) is 25.5 Å². The lowest BCUT2D eigenvalue weighted by Crippen LogP contribution is -2.53. The Hall–Kier alpha value is -0.900. The highest BCUT2D eigenvalue weighted by atomic mass is 16.6. The van der Waals surface area contributed by atoms with E-state index in [9.17, 15) is 9.59 Å². The molecule has 0 heterocycles. The first kappa shape index (κ1) is 16.5. The third-order valence-corrected chi connectivity index (χ3v) is 5.87. The van der Waals surface area contributed by atoms with E-state index in [1.165, 1.54) is 20.0 Å². The van der Waals surface area contributed by atoms with E-state index in [1.54, 1.807) is 0 Å². The summed E-state index contributed by atoms with van der Waals surface area (Å²) in [5.74, 6) is 0.393. The van der Waals surface area contributed by atoms with Crippen LogP contribution in [0.25, 0.3) is 0 Å². The molecule has 2 rings (SSSR count). The van der Waals surface area contributed by atoms with Crippen molar-refractivity contribution < 1.29 is 19.1 Å². The highest BCUT2D eigenvalue weighted by Crippen LogP contribution is 2.58. The summed E-state index contributed by atoms with van der Waals surface area (Å²) in [5.41, 5.74) is 0.293. The summed E-state index contributed by atoms with van der Waals surface area (Å²) in [6, 6.07) is 0. The standard InChI is InChI=1S/C17H28O4/c1-16(2)8-5-9-17(3)12(10-21-11-15(19)20-4)13(18)6-7-14(16)17/h12,14H,5-11H2,1-4H3/t12?,14?,17-/m1/s1. The molecule has 2 fully saturated rings. The first-order chi connectivity index (χ1) is 9.81. The van der Waals surface area contributed by atoms with Crippen molar-refractivity contribution >= 4 is 11.8 Å². The second-order valence-electron chi connectivity index (χ2n) is 7.55. The molecule has 2 aliphatic rings. The lowest BCUT2D eigenvalue weighted by atomic mass is 9.48. The molecule has 0 saturated heterocycles. The van der Waals surface area contributed by atoms with E-state index in [4.69, 9.17) is 4.74 Å². The Labute approximate surface area is 127 Å². The Balaban J connectivity index is 2.10. The lowest BCUT2D eigenvalue weighted by molar-refractivity contribution is -0.156. The minimum Gasteiger partial charge on any atom is -0.467 e. The Bertz CT molecular complexity index is 415. The molecule has 0 aromatic rings. The van der Waals surface area contributed by atoms with Crippen molar-refractivity contribution in [3.8, 4) is 0 Å². The van der Waals surface area contributed by atoms with Gasteiger partial charge >= 0.3 is 5.97 Å². The maximum atomic E-state index is 12.4. The second-order valence-corrected chi connectivity index (χ2v) is 7.55. The molecule has 2 saturated carbocycles. The van der Waals surface area contributed by atoms with Gasteiger partial charge in [-0.05, 0) is 36.0 Å². The van der Waals surface area contributed by atoms with Gasteiger partial charge in [-0.1, -0.05) is 27.2 Å². The van der Waals surface area contributed by atoms with Gasteiger partial charge in [0, 0.05) is 12.3 Å². The van der Waals surface area contributed by atoms with E-state index < -0.39 is 0 Å². The Morgan fingerprint density at radius 1 is 1.29 bits per heavy atom. The molecule has 2 unspecified atom stereocenters. The zero-order valence-electron chi connectivity index (χ0n) is 13.7. The largest absolute Gasteiger partial charge is 0.467 e. The molecule has 0 N–H and O–H groups in total. The van der Waals surface area contributed by atoms with Gasteiger partial charge in [0.15, 0.2) is 0 Å². The van der Waals surface area contributed by atoms with Crippen LogP contribution >= 0.6 is 0 Å². The van der Waals surface area contributed by atoms with Gasteiger partial charge in [-0.15, -0.1) is 0 Å². The molecule has 0 bridgehead atoms. The van der Waals surface area contributed by atoms with E-state index in [1.807, 2.05) is 0 Å². The number of carbonyl (C=O) groups excluding carboxylic acids is 2. The van der Waals surface area contributed by atoms with Gasteiger partial charge < -0.3 is 9.47 Å². The smallest absolute Gasteiger partial charge is 0.331 e. The molecule has 3 atom stereocenters. The molecule has 0 aromatic heterocycles. The second kappa shape index (κ2) is 6.07. The molecule has 21 heavy (non-hydrogen) atoms. The SMILES string of the molecule is COC(=O)COCC1C(=O)CCC2C(C)(C)CCC[C@]12C. The highest BCUT2D eigenvalue weighted by Gasteiger charge is 2.54. The topological polar surface area (TPSA) is 52.6 Å². The predicted octanol–water partition coefficient (Wildman–Crippen LogP) is 2.99. The summed E-state index contributed by atoms with van der Waals surface area (Å²) >= 11 is 0. The summed E-state index contributed by atoms with van der Waals surface area (Å²) in [5, 5.41) is 0. The van der Waals surface area contributed by atoms with Gasteiger partial charge in [0.25, 0.3) is 0 Å². The van der Waals surface area contributed by atoms with E-state index in [0.717, 1.165) is 12.8 Å². The van der Waals surface area contributed by atoms with Crippen molar-refractivity contribution in [1.82, 2.24) is 0 Å². The van der Waals surface area contributed by atoms with Crippen LogP contribution in [0.2, 0.25) is 0 Å². The fraction of sp³-hybridized carbons (Fsp3) is 0.882. The Morgan fingerprint density at radius 2 is 2.00 bits per heavy atom. The first-order valence-corrected chi connectivity index (χ1v) is 7.98. The number of methoxy groups -OCH3 is 1. The average molecular weight is 296 g/mol. The molecule has 120 valence electrons. The van der Waals surface area contributed by atoms with E-state index in [0.29, 0.717) is 24.7 Å². The summed E-state index contributed by atoms with van der Waals surface area (Å²) in [4.78, 5) is 23.6. The van der Waals surface area contributed by atoms with Crippen LogP contribution in [0, 0.1) is 22.7 Å². The van der Waals surface area contributed by atoms with Gasteiger partial charge in [0.2, 0.25) is 0 Å². The average Bonchev–Trinajstić information content (AvgIpc) is 2.40. The lowest BCUT2D eigenvalue weighted by Gasteiger charge is -2.56. The summed E-state index contributed by atoms with van der Waals surface area (Å²) < 4.78 is 10.1. The normalized spacial score (nSPS) is 35.1. The minimum atomic E-state index is -0.385. The van der Waals surface area contributed by atoms with Gasteiger partial charge in [-0.25, -0.2) is 4.79 Å². The molecule has 0 spiro atoms. The quantitative estimate of drug-likeness (QED) is 0.748. The van der Waals surface area contributed by atoms with Crippen molar-refractivity contribution in [2.45, 2.75) is 52.9 Å². The van der Waals surface area contributed by atoms with Crippen molar-refractivity contribution in [2.75, 3.05) is 20.3 Å². The first-order valence-electron chi connectivity index (χ1n) is 7.98. The monoisotopic (exact) mass is 296 g/mol. The zero-order chi connectivity index (χ0) is 15.7. The predicted molar refractivity (Wildman–Crippen MR) is 79.8 cm³/mol. The van der Waals surface area contributed by atoms with Gasteiger partial charge in [0.1, 0.15) is 12.4 Å². The van der Waals surface area contributed by atoms with Crippen molar-refractivity contribution in [1.29, 1.82) is 0 Å². The minimum absolute atomic E-state index is 0.00715. The van der Waals surface area contributed by atoms with Crippen LogP contribution in [0.1, 0.15) is 52.9 Å². The van der Waals surface area contributed by atoms with Gasteiger partial charge in [-0.3, -0.25) is 4.79 Å². The van der Waals surface area contributed by atoms with Crippen molar-refractivity contribution in [3.05, 3.63) is 0 Å². The molecule has 4 heteroatoms. The number of Topliss-reactive ketones (excluding diaryl/α,β-unsaturated/α-hetero) is 1. The van der Waals surface area contributed by atoms with Crippen LogP contribution in [-0.2, 0) is 19.1 Å². The van der Waals surface area contributed by atoms with E-state index >= 15 is 0 Å². The van der Waals surface area contributed by atoms with E-state index in [-0.39, 0.29) is 29.3 Å². The number of ketones is 1. The maximum absolute atomic E-state index is 12.4. The van der Waals surface area contributed by atoms with Crippen LogP contribution in [0.3, 0.4) is 0 Å². The van der Waals surface area contributed by atoms with Crippen LogP contribution in [-0.4, -0.2) is 32.1 Å². The number of esters is 1. The van der Waals surface area contributed by atoms with Gasteiger partial charge in [0.05, 0.1) is 13.7 Å². The fourth-order valence-corrected chi connectivity index (χ4v) is 4.73. The van der Waals surface area contributed by atoms with Crippen LogP contribution in [0.4, 0.5) is 0 Å². The van der Waals surface area contributed by atoms with Crippen LogP contribution in [0.5, 0.6) is 0 Å². The summed E-state index contributed by atoms with van der Waals surface area (Å²) in [6.45, 7) is 7.19. The summed E-state index contributed by atoms with van der Waals surface area (Å²) in [7, 11) is 1.35. The fourth-order valence-electron chi connectivity index (χ4n) is 4.73. The molecule has 0 aromatic carbocycles. The van der Waals surface area contributed by atoms with Gasteiger partial charge in [-0.2, -0.15) is 0 Å². The van der Waals surface area contributed by atoms with Crippen LogP contribution < -0.4 is 0 Å². The number of hydrogen-bond donors (Lipinski definition) is 0. The van der Waals surface area contributed by atoms with Crippen molar-refractivity contribution in [3.63, 3.8) is 0 Å². The number of rotatable bonds is 4.